The zero-order chi connectivity index (χ0) is 15.9. The number of carbonyl (C=O) groups excluding carboxylic acids is 1. The van der Waals surface area contributed by atoms with Gasteiger partial charge in [0.25, 0.3) is 0 Å². The highest BCUT2D eigenvalue weighted by atomic mass is 32.2. The average Bonchev–Trinajstić information content (AvgIpc) is 2.38. The van der Waals surface area contributed by atoms with E-state index in [1.807, 2.05) is 0 Å². The van der Waals surface area contributed by atoms with Crippen LogP contribution in [0.4, 0.5) is 0 Å². The molecular formula is C13H18N2O5S. The second-order valence-corrected chi connectivity index (χ2v) is 6.23. The maximum absolute atomic E-state index is 11.7. The summed E-state index contributed by atoms with van der Waals surface area (Å²) in [5.74, 6) is -1.74. The number of sulfonamides is 1. The number of amides is 1. The van der Waals surface area contributed by atoms with Crippen molar-refractivity contribution < 1.29 is 23.1 Å². The van der Waals surface area contributed by atoms with Gasteiger partial charge >= 0.3 is 5.97 Å². The molecule has 0 fully saturated rings. The van der Waals surface area contributed by atoms with Gasteiger partial charge in [0.1, 0.15) is 0 Å². The fraction of sp³-hybridized carbons (Fsp3) is 0.385. The summed E-state index contributed by atoms with van der Waals surface area (Å²) in [7, 11) is -3.38. The molecule has 0 radical (unpaired) electrons. The summed E-state index contributed by atoms with van der Waals surface area (Å²) in [6, 6.07) is 6.19. The van der Waals surface area contributed by atoms with Crippen LogP contribution in [0.2, 0.25) is 0 Å². The fourth-order valence-corrected chi connectivity index (χ4v) is 2.69. The van der Waals surface area contributed by atoms with E-state index in [2.05, 4.69) is 10.0 Å². The van der Waals surface area contributed by atoms with E-state index in [9.17, 15) is 18.0 Å². The Morgan fingerprint density at radius 1 is 1.24 bits per heavy atom. The summed E-state index contributed by atoms with van der Waals surface area (Å²) in [4.78, 5) is 22.7. The van der Waals surface area contributed by atoms with E-state index in [0.29, 0.717) is 12.1 Å². The van der Waals surface area contributed by atoms with Crippen molar-refractivity contribution in [3.8, 4) is 0 Å². The molecule has 0 aliphatic rings. The summed E-state index contributed by atoms with van der Waals surface area (Å²) in [6.07, 6.45) is -0.107. The molecular weight excluding hydrogens is 296 g/mol. The molecule has 0 aliphatic carbocycles. The smallest absolute Gasteiger partial charge is 0.335 e. The van der Waals surface area contributed by atoms with Crippen LogP contribution in [0, 0.1) is 0 Å². The number of hydrogen-bond donors (Lipinski definition) is 3. The van der Waals surface area contributed by atoms with Gasteiger partial charge in [0.15, 0.2) is 0 Å². The molecule has 21 heavy (non-hydrogen) atoms. The summed E-state index contributed by atoms with van der Waals surface area (Å²) in [5.41, 5.74) is 0.449. The van der Waals surface area contributed by atoms with Crippen LogP contribution in [0.1, 0.15) is 22.8 Å². The quantitative estimate of drug-likeness (QED) is 0.624. The molecule has 0 bridgehead atoms. The monoisotopic (exact) mass is 314 g/mol. The first-order chi connectivity index (χ1) is 9.85. The van der Waals surface area contributed by atoms with Crippen molar-refractivity contribution in [3.05, 3.63) is 35.4 Å². The number of carbonyl (C=O) groups is 2. The van der Waals surface area contributed by atoms with Gasteiger partial charge in [0, 0.05) is 13.1 Å². The molecule has 0 aliphatic heterocycles. The summed E-state index contributed by atoms with van der Waals surface area (Å²) >= 11 is 0. The Bertz CT molecular complexity index is 613. The summed E-state index contributed by atoms with van der Waals surface area (Å²) in [6.45, 7) is 1.94. The lowest BCUT2D eigenvalue weighted by Crippen LogP contribution is -2.35. The van der Waals surface area contributed by atoms with Crippen molar-refractivity contribution in [3.63, 3.8) is 0 Å². The third kappa shape index (κ3) is 5.92. The van der Waals surface area contributed by atoms with Crippen LogP contribution in [-0.4, -0.2) is 44.2 Å². The number of rotatable bonds is 8. The van der Waals surface area contributed by atoms with E-state index in [0.717, 1.165) is 0 Å². The number of nitrogens with one attached hydrogen (secondary N) is 2. The molecule has 116 valence electrons. The van der Waals surface area contributed by atoms with Crippen molar-refractivity contribution in [1.29, 1.82) is 0 Å². The van der Waals surface area contributed by atoms with Crippen LogP contribution >= 0.6 is 0 Å². The Labute approximate surface area is 123 Å². The van der Waals surface area contributed by atoms with E-state index in [1.54, 1.807) is 25.1 Å². The molecule has 8 heteroatoms. The van der Waals surface area contributed by atoms with Gasteiger partial charge in [-0.2, -0.15) is 0 Å². The van der Waals surface area contributed by atoms with Crippen molar-refractivity contribution in [2.24, 2.45) is 0 Å². The lowest BCUT2D eigenvalue weighted by atomic mass is 10.0. The molecule has 0 unspecified atom stereocenters. The van der Waals surface area contributed by atoms with E-state index in [4.69, 9.17) is 5.11 Å². The first kappa shape index (κ1) is 17.1. The largest absolute Gasteiger partial charge is 0.478 e. The first-order valence-corrected chi connectivity index (χ1v) is 8.06. The topological polar surface area (TPSA) is 113 Å². The molecule has 0 saturated carbocycles. The predicted molar refractivity (Wildman–Crippen MR) is 77.6 cm³/mol. The Morgan fingerprint density at radius 2 is 1.90 bits per heavy atom. The first-order valence-electron chi connectivity index (χ1n) is 6.41. The molecule has 0 spiro atoms. The Hall–Kier alpha value is -1.93. The van der Waals surface area contributed by atoms with E-state index in [1.165, 1.54) is 6.07 Å². The van der Waals surface area contributed by atoms with Crippen molar-refractivity contribution >= 4 is 21.9 Å². The van der Waals surface area contributed by atoms with Gasteiger partial charge in [-0.25, -0.2) is 17.9 Å². The minimum Gasteiger partial charge on any atom is -0.478 e. The maximum Gasteiger partial charge on any atom is 0.335 e. The van der Waals surface area contributed by atoms with E-state index < -0.39 is 21.9 Å². The molecule has 3 N–H and O–H groups in total. The van der Waals surface area contributed by atoms with Crippen molar-refractivity contribution in [1.82, 2.24) is 10.0 Å². The molecule has 0 saturated heterocycles. The Kier molecular flexibility index (Phi) is 6.32. The maximum atomic E-state index is 11.7. The van der Waals surface area contributed by atoms with Crippen molar-refractivity contribution in [2.75, 3.05) is 18.8 Å². The second kappa shape index (κ2) is 7.75. The Morgan fingerprint density at radius 3 is 2.52 bits per heavy atom. The normalized spacial score (nSPS) is 11.1. The van der Waals surface area contributed by atoms with Gasteiger partial charge in [-0.1, -0.05) is 25.1 Å². The molecule has 0 heterocycles. The molecule has 0 aromatic heterocycles. The highest BCUT2D eigenvalue weighted by molar-refractivity contribution is 7.89. The lowest BCUT2D eigenvalue weighted by molar-refractivity contribution is -0.120. The van der Waals surface area contributed by atoms with E-state index >= 15 is 0 Å². The average molecular weight is 314 g/mol. The van der Waals surface area contributed by atoms with E-state index in [-0.39, 0.29) is 24.3 Å². The SMILES string of the molecule is CCNS(=O)(=O)CCNC(=O)Cc1ccccc1C(=O)O. The number of benzene rings is 1. The molecule has 1 aromatic carbocycles. The van der Waals surface area contributed by atoms with Crippen LogP contribution in [0.3, 0.4) is 0 Å². The van der Waals surface area contributed by atoms with Crippen molar-refractivity contribution in [2.45, 2.75) is 13.3 Å². The summed E-state index contributed by atoms with van der Waals surface area (Å²) < 4.78 is 25.1. The number of carboxylic acid groups (broad SMARTS) is 1. The van der Waals surface area contributed by atoms with Crippen LogP contribution in [0.25, 0.3) is 0 Å². The van der Waals surface area contributed by atoms with Gasteiger partial charge in [0.05, 0.1) is 17.7 Å². The zero-order valence-corrected chi connectivity index (χ0v) is 12.4. The van der Waals surface area contributed by atoms with Crippen LogP contribution in [0.15, 0.2) is 24.3 Å². The minimum atomic E-state index is -3.38. The molecule has 1 aromatic rings. The zero-order valence-electron chi connectivity index (χ0n) is 11.6. The molecule has 1 rings (SSSR count). The van der Waals surface area contributed by atoms with Crippen LogP contribution in [-0.2, 0) is 21.2 Å². The van der Waals surface area contributed by atoms with Gasteiger partial charge in [-0.3, -0.25) is 4.79 Å². The standard InChI is InChI=1S/C13H18N2O5S/c1-2-15-21(19,20)8-7-14-12(16)9-10-5-3-4-6-11(10)13(17)18/h3-6,15H,2,7-9H2,1H3,(H,14,16)(H,17,18). The summed E-state index contributed by atoms with van der Waals surface area (Å²) in [5, 5.41) is 11.5. The molecule has 0 atom stereocenters. The van der Waals surface area contributed by atoms with Crippen LogP contribution < -0.4 is 10.0 Å². The number of carboxylic acids is 1. The molecule has 1 amide bonds. The highest BCUT2D eigenvalue weighted by Crippen LogP contribution is 2.09. The lowest BCUT2D eigenvalue weighted by Gasteiger charge is -2.08. The van der Waals surface area contributed by atoms with Gasteiger partial charge in [-0.15, -0.1) is 0 Å². The molecule has 7 nitrogen and oxygen atoms in total. The number of aromatic carboxylic acids is 1. The third-order valence-corrected chi connectivity index (χ3v) is 4.13. The van der Waals surface area contributed by atoms with Gasteiger partial charge in [-0.05, 0) is 11.6 Å². The number of hydrogen-bond acceptors (Lipinski definition) is 4. The predicted octanol–water partition coefficient (Wildman–Crippen LogP) is -0.0172. The van der Waals surface area contributed by atoms with Crippen LogP contribution in [0.5, 0.6) is 0 Å². The minimum absolute atomic E-state index is 0.0244. The van der Waals surface area contributed by atoms with Gasteiger partial charge < -0.3 is 10.4 Å². The second-order valence-electron chi connectivity index (χ2n) is 4.31. The fourth-order valence-electron chi connectivity index (χ4n) is 1.74. The highest BCUT2D eigenvalue weighted by Gasteiger charge is 2.13. The van der Waals surface area contributed by atoms with Gasteiger partial charge in [0.2, 0.25) is 15.9 Å². The third-order valence-electron chi connectivity index (χ3n) is 2.66. The Balaban J connectivity index is 2.54.